The van der Waals surface area contributed by atoms with Crippen LogP contribution in [0.25, 0.3) is 10.8 Å². The number of nitrogens with two attached hydrogens (primary N) is 2. The maximum Gasteiger partial charge on any atom is 0.267 e. The first kappa shape index (κ1) is 24.5. The first-order valence-electron chi connectivity index (χ1n) is 11.3. The zero-order valence-electron chi connectivity index (χ0n) is 19.0. The summed E-state index contributed by atoms with van der Waals surface area (Å²) in [5, 5.41) is 11.5. The number of hydrogen-bond donors (Lipinski definition) is 4. The summed E-state index contributed by atoms with van der Waals surface area (Å²) in [6, 6.07) is 9.97. The SMILES string of the molecule is N=C(N)N1CCC[C@@H](C[C@H](C(N)=O)[C@H]2C(=O)NCC(=O)N2S(=O)(=O)c2ccc3ccccc3c2)C1. The molecule has 0 saturated carbocycles. The fraction of sp³-hybridized carbons (Fsp3) is 0.391. The van der Waals surface area contributed by atoms with Crippen LogP contribution < -0.4 is 16.8 Å². The van der Waals surface area contributed by atoms with Crippen molar-refractivity contribution in [2.75, 3.05) is 19.6 Å². The minimum absolute atomic E-state index is 0.0776. The molecule has 2 saturated heterocycles. The number of primary amides is 1. The number of likely N-dealkylation sites (tertiary alicyclic amines) is 1. The van der Waals surface area contributed by atoms with Gasteiger partial charge in [-0.2, -0.15) is 0 Å². The van der Waals surface area contributed by atoms with Crippen molar-refractivity contribution in [1.82, 2.24) is 14.5 Å². The number of piperidine rings is 1. The lowest BCUT2D eigenvalue weighted by molar-refractivity contribution is -0.144. The summed E-state index contributed by atoms with van der Waals surface area (Å²) in [6.45, 7) is 0.464. The summed E-state index contributed by atoms with van der Waals surface area (Å²) < 4.78 is 27.9. The first-order chi connectivity index (χ1) is 16.6. The number of guanidine groups is 1. The minimum Gasteiger partial charge on any atom is -0.370 e. The highest BCUT2D eigenvalue weighted by Crippen LogP contribution is 2.32. The van der Waals surface area contributed by atoms with Gasteiger partial charge in [-0.1, -0.05) is 30.3 Å². The fourth-order valence-corrected chi connectivity index (χ4v) is 6.53. The number of nitrogens with one attached hydrogen (secondary N) is 2. The molecule has 3 amide bonds. The zero-order chi connectivity index (χ0) is 25.3. The second-order valence-electron chi connectivity index (χ2n) is 8.95. The molecule has 35 heavy (non-hydrogen) atoms. The standard InChI is InChI=1S/C23H28N6O5S/c24-21(31)18(10-14-4-3-9-28(13-14)23(25)26)20-22(32)27-12-19(30)29(20)35(33,34)17-8-7-15-5-1-2-6-16(15)11-17/h1-2,5-8,11,14,18,20H,3-4,9-10,12-13H2,(H2,24,31)(H3,25,26)(H,27,32)/t14-,18-,20-/m0/s1. The number of carbonyl (C=O) groups is 3. The van der Waals surface area contributed by atoms with Gasteiger partial charge in [0.2, 0.25) is 11.8 Å². The van der Waals surface area contributed by atoms with Crippen molar-refractivity contribution in [2.45, 2.75) is 30.2 Å². The van der Waals surface area contributed by atoms with E-state index >= 15 is 0 Å². The number of fused-ring (bicyclic) bond motifs is 1. The Balaban J connectivity index is 1.71. The molecule has 0 spiro atoms. The lowest BCUT2D eigenvalue weighted by Gasteiger charge is -2.39. The van der Waals surface area contributed by atoms with E-state index in [-0.39, 0.29) is 23.2 Å². The Morgan fingerprint density at radius 1 is 1.14 bits per heavy atom. The predicted octanol–water partition coefficient (Wildman–Crippen LogP) is -0.0474. The second-order valence-corrected chi connectivity index (χ2v) is 10.8. The van der Waals surface area contributed by atoms with Gasteiger partial charge in [0, 0.05) is 13.1 Å². The number of sulfonamides is 1. The minimum atomic E-state index is -4.48. The molecule has 2 aliphatic rings. The lowest BCUT2D eigenvalue weighted by Crippen LogP contribution is -2.64. The predicted molar refractivity (Wildman–Crippen MR) is 128 cm³/mol. The van der Waals surface area contributed by atoms with Gasteiger partial charge in [-0.3, -0.25) is 19.8 Å². The molecule has 186 valence electrons. The fourth-order valence-electron chi connectivity index (χ4n) is 4.91. The summed E-state index contributed by atoms with van der Waals surface area (Å²) >= 11 is 0. The van der Waals surface area contributed by atoms with E-state index < -0.39 is 46.2 Å². The van der Waals surface area contributed by atoms with E-state index in [2.05, 4.69) is 5.32 Å². The van der Waals surface area contributed by atoms with Crippen LogP contribution in [-0.4, -0.2) is 67.0 Å². The molecule has 0 bridgehead atoms. The molecule has 2 aromatic carbocycles. The maximum absolute atomic E-state index is 13.7. The van der Waals surface area contributed by atoms with Gasteiger partial charge in [0.1, 0.15) is 6.04 Å². The van der Waals surface area contributed by atoms with Crippen LogP contribution >= 0.6 is 0 Å². The number of carbonyl (C=O) groups excluding carboxylic acids is 3. The van der Waals surface area contributed by atoms with Crippen LogP contribution in [0.3, 0.4) is 0 Å². The Kier molecular flexibility index (Phi) is 6.66. The monoisotopic (exact) mass is 500 g/mol. The van der Waals surface area contributed by atoms with Crippen LogP contribution in [0.4, 0.5) is 0 Å². The molecule has 2 aromatic rings. The topological polar surface area (TPSA) is 180 Å². The van der Waals surface area contributed by atoms with E-state index in [1.165, 1.54) is 12.1 Å². The molecular weight excluding hydrogens is 472 g/mol. The quantitative estimate of drug-likeness (QED) is 0.317. The Bertz CT molecular complexity index is 1300. The average molecular weight is 501 g/mol. The molecular formula is C23H28N6O5S. The molecule has 0 radical (unpaired) electrons. The van der Waals surface area contributed by atoms with Crippen LogP contribution in [-0.2, 0) is 24.4 Å². The highest BCUT2D eigenvalue weighted by atomic mass is 32.2. The van der Waals surface area contributed by atoms with Gasteiger partial charge < -0.3 is 21.7 Å². The molecule has 2 fully saturated rings. The molecule has 0 unspecified atom stereocenters. The van der Waals surface area contributed by atoms with Gasteiger partial charge in [-0.15, -0.1) is 0 Å². The van der Waals surface area contributed by atoms with Crippen LogP contribution in [0.2, 0.25) is 0 Å². The van der Waals surface area contributed by atoms with Gasteiger partial charge in [0.15, 0.2) is 5.96 Å². The second kappa shape index (κ2) is 9.53. The van der Waals surface area contributed by atoms with E-state index in [0.717, 1.165) is 5.39 Å². The van der Waals surface area contributed by atoms with Gasteiger partial charge in [-0.25, -0.2) is 12.7 Å². The third kappa shape index (κ3) is 4.78. The molecule has 6 N–H and O–H groups in total. The number of amides is 3. The van der Waals surface area contributed by atoms with Crippen molar-refractivity contribution in [2.24, 2.45) is 23.3 Å². The van der Waals surface area contributed by atoms with Gasteiger partial charge in [0.25, 0.3) is 15.9 Å². The molecule has 2 aliphatic heterocycles. The molecule has 0 aliphatic carbocycles. The number of nitrogens with zero attached hydrogens (tertiary/aromatic N) is 2. The van der Waals surface area contributed by atoms with E-state index in [9.17, 15) is 22.8 Å². The van der Waals surface area contributed by atoms with Gasteiger partial charge in [-0.05, 0) is 48.1 Å². The molecule has 12 heteroatoms. The summed E-state index contributed by atoms with van der Waals surface area (Å²) in [5.74, 6) is -3.98. The number of benzene rings is 2. The molecule has 11 nitrogen and oxygen atoms in total. The summed E-state index contributed by atoms with van der Waals surface area (Å²) in [4.78, 5) is 39.9. The molecule has 3 atom stereocenters. The van der Waals surface area contributed by atoms with Crippen LogP contribution in [0, 0.1) is 17.2 Å². The Morgan fingerprint density at radius 2 is 1.86 bits per heavy atom. The number of piperazine rings is 1. The zero-order valence-corrected chi connectivity index (χ0v) is 19.8. The summed E-state index contributed by atoms with van der Waals surface area (Å²) in [7, 11) is -4.48. The lowest BCUT2D eigenvalue weighted by atomic mass is 9.83. The highest BCUT2D eigenvalue weighted by molar-refractivity contribution is 7.89. The Morgan fingerprint density at radius 3 is 2.54 bits per heavy atom. The summed E-state index contributed by atoms with van der Waals surface area (Å²) in [5.41, 5.74) is 11.3. The van der Waals surface area contributed by atoms with Gasteiger partial charge in [0.05, 0.1) is 17.4 Å². The van der Waals surface area contributed by atoms with Crippen LogP contribution in [0.1, 0.15) is 19.3 Å². The van der Waals surface area contributed by atoms with Crippen molar-refractivity contribution < 1.29 is 22.8 Å². The third-order valence-electron chi connectivity index (χ3n) is 6.65. The van der Waals surface area contributed by atoms with Crippen molar-refractivity contribution in [3.63, 3.8) is 0 Å². The van der Waals surface area contributed by atoms with Crippen LogP contribution in [0.15, 0.2) is 47.4 Å². The summed E-state index contributed by atoms with van der Waals surface area (Å²) in [6.07, 6.45) is 1.48. The average Bonchev–Trinajstić information content (AvgIpc) is 2.83. The Hall–Kier alpha value is -3.67. The van der Waals surface area contributed by atoms with Crippen molar-refractivity contribution in [3.8, 4) is 0 Å². The number of rotatable bonds is 6. The maximum atomic E-state index is 13.7. The van der Waals surface area contributed by atoms with Crippen molar-refractivity contribution in [1.29, 1.82) is 5.41 Å². The first-order valence-corrected chi connectivity index (χ1v) is 12.8. The van der Waals surface area contributed by atoms with E-state index in [0.29, 0.717) is 35.6 Å². The van der Waals surface area contributed by atoms with E-state index in [4.69, 9.17) is 16.9 Å². The number of hydrogen-bond acceptors (Lipinski definition) is 6. The molecule has 0 aromatic heterocycles. The smallest absolute Gasteiger partial charge is 0.267 e. The molecule has 4 rings (SSSR count). The third-order valence-corrected chi connectivity index (χ3v) is 8.45. The van der Waals surface area contributed by atoms with Crippen LogP contribution in [0.5, 0.6) is 0 Å². The largest absolute Gasteiger partial charge is 0.370 e. The molecule has 2 heterocycles. The van der Waals surface area contributed by atoms with E-state index in [1.807, 2.05) is 12.1 Å². The van der Waals surface area contributed by atoms with Crippen molar-refractivity contribution in [3.05, 3.63) is 42.5 Å². The van der Waals surface area contributed by atoms with Crippen molar-refractivity contribution >= 4 is 44.5 Å². The Labute approximate surface area is 203 Å². The normalized spacial score (nSPS) is 22.1. The highest BCUT2D eigenvalue weighted by Gasteiger charge is 2.49. The van der Waals surface area contributed by atoms with Gasteiger partial charge >= 0.3 is 0 Å². The van der Waals surface area contributed by atoms with E-state index in [1.54, 1.807) is 23.1 Å².